The number of nitrogens with zero attached hydrogens (tertiary/aromatic N) is 2. The van der Waals surface area contributed by atoms with Gasteiger partial charge in [-0.3, -0.25) is 0 Å². The fraction of sp³-hybridized carbons (Fsp3) is 0.357. The molecule has 7 heteroatoms. The molecule has 1 heterocycles. The summed E-state index contributed by atoms with van der Waals surface area (Å²) in [6, 6.07) is 4.92. The predicted octanol–water partition coefficient (Wildman–Crippen LogP) is 4.81. The maximum atomic E-state index is 12.5. The Hall–Kier alpha value is -1.33. The number of rotatable bonds is 3. The Balaban J connectivity index is 2.53. The summed E-state index contributed by atoms with van der Waals surface area (Å²) in [6.45, 7) is 2.63. The number of hydrogen-bond donors (Lipinski definition) is 0. The van der Waals surface area contributed by atoms with E-state index >= 15 is 0 Å². The van der Waals surface area contributed by atoms with Crippen molar-refractivity contribution in [3.8, 4) is 11.3 Å². The Morgan fingerprint density at radius 1 is 1.24 bits per heavy atom. The maximum Gasteiger partial charge on any atom is 0.405 e. The third kappa shape index (κ3) is 3.66. The lowest BCUT2D eigenvalue weighted by Gasteiger charge is -2.18. The number of halogens is 4. The van der Waals surface area contributed by atoms with Gasteiger partial charge in [0.05, 0.1) is 16.9 Å². The molecule has 0 fully saturated rings. The highest BCUT2D eigenvalue weighted by Crippen LogP contribution is 2.32. The van der Waals surface area contributed by atoms with Gasteiger partial charge < -0.3 is 4.84 Å². The molecule has 1 aromatic heterocycles. The van der Waals surface area contributed by atoms with Crippen LogP contribution < -0.4 is 4.84 Å². The lowest BCUT2D eigenvalue weighted by atomic mass is 9.96. The van der Waals surface area contributed by atoms with Crippen LogP contribution in [0.4, 0.5) is 8.78 Å². The fourth-order valence-corrected chi connectivity index (χ4v) is 2.36. The van der Waals surface area contributed by atoms with E-state index in [9.17, 15) is 8.78 Å². The zero-order valence-electron chi connectivity index (χ0n) is 11.7. The standard InChI is InChI=1S/C14H14Cl2F2N2O/c1-14(2,3)12-19-11(7-20(12)21-13(17)18)9-5-4-8(15)6-10(9)16/h4-7,13H,1-3H3. The van der Waals surface area contributed by atoms with Crippen molar-refractivity contribution in [2.24, 2.45) is 0 Å². The maximum absolute atomic E-state index is 12.5. The van der Waals surface area contributed by atoms with E-state index in [0.717, 1.165) is 4.73 Å². The van der Waals surface area contributed by atoms with Crippen molar-refractivity contribution in [2.45, 2.75) is 32.8 Å². The lowest BCUT2D eigenvalue weighted by molar-refractivity contribution is -0.136. The first-order chi connectivity index (χ1) is 9.68. The van der Waals surface area contributed by atoms with Crippen LogP contribution in [0.1, 0.15) is 26.6 Å². The van der Waals surface area contributed by atoms with Crippen LogP contribution in [0.3, 0.4) is 0 Å². The van der Waals surface area contributed by atoms with E-state index in [1.165, 1.54) is 6.20 Å². The summed E-state index contributed by atoms with van der Waals surface area (Å²) < 4.78 is 26.0. The molecule has 0 unspecified atom stereocenters. The zero-order valence-corrected chi connectivity index (χ0v) is 13.2. The van der Waals surface area contributed by atoms with Gasteiger partial charge in [0.15, 0.2) is 5.82 Å². The molecule has 0 atom stereocenters. The van der Waals surface area contributed by atoms with Gasteiger partial charge in [-0.05, 0) is 18.2 Å². The first-order valence-corrected chi connectivity index (χ1v) is 6.94. The quantitative estimate of drug-likeness (QED) is 0.805. The third-order valence-corrected chi connectivity index (χ3v) is 3.29. The van der Waals surface area contributed by atoms with Gasteiger partial charge in [-0.15, -0.1) is 0 Å². The molecule has 0 aliphatic heterocycles. The third-order valence-electron chi connectivity index (χ3n) is 2.75. The molecule has 0 spiro atoms. The van der Waals surface area contributed by atoms with Crippen LogP contribution in [-0.4, -0.2) is 16.3 Å². The average Bonchev–Trinajstić information content (AvgIpc) is 2.71. The van der Waals surface area contributed by atoms with Crippen molar-refractivity contribution in [1.82, 2.24) is 9.71 Å². The second-order valence-corrected chi connectivity index (χ2v) is 6.36. The van der Waals surface area contributed by atoms with Crippen LogP contribution in [0.25, 0.3) is 11.3 Å². The summed E-state index contributed by atoms with van der Waals surface area (Å²) in [6.07, 6.45) is 1.39. The van der Waals surface area contributed by atoms with E-state index in [4.69, 9.17) is 23.2 Å². The zero-order chi connectivity index (χ0) is 15.8. The largest absolute Gasteiger partial charge is 0.405 e. The molecule has 0 radical (unpaired) electrons. The second kappa shape index (κ2) is 5.81. The summed E-state index contributed by atoms with van der Waals surface area (Å²) in [7, 11) is 0. The van der Waals surface area contributed by atoms with Crippen LogP contribution >= 0.6 is 23.2 Å². The second-order valence-electron chi connectivity index (χ2n) is 5.52. The van der Waals surface area contributed by atoms with Gasteiger partial charge in [-0.25, -0.2) is 4.98 Å². The first-order valence-electron chi connectivity index (χ1n) is 6.19. The van der Waals surface area contributed by atoms with Crippen LogP contribution in [0.2, 0.25) is 10.0 Å². The highest BCUT2D eigenvalue weighted by atomic mass is 35.5. The highest BCUT2D eigenvalue weighted by Gasteiger charge is 2.25. The minimum Gasteiger partial charge on any atom is -0.343 e. The lowest BCUT2D eigenvalue weighted by Crippen LogP contribution is -2.25. The van der Waals surface area contributed by atoms with Crippen LogP contribution in [0.15, 0.2) is 24.4 Å². The molecule has 0 aliphatic rings. The van der Waals surface area contributed by atoms with Gasteiger partial charge in [0.2, 0.25) is 0 Å². The Labute approximate surface area is 131 Å². The van der Waals surface area contributed by atoms with Crippen LogP contribution in [0, 0.1) is 0 Å². The SMILES string of the molecule is CC(C)(C)c1nc(-c2ccc(Cl)cc2Cl)cn1OC(F)F. The minimum atomic E-state index is -2.94. The number of imidazole rings is 1. The molecule has 3 nitrogen and oxygen atoms in total. The number of hydrogen-bond acceptors (Lipinski definition) is 2. The molecule has 0 bridgehead atoms. The molecule has 0 aliphatic carbocycles. The van der Waals surface area contributed by atoms with Crippen molar-refractivity contribution in [3.63, 3.8) is 0 Å². The topological polar surface area (TPSA) is 27.1 Å². The molecular formula is C14H14Cl2F2N2O. The molecule has 2 rings (SSSR count). The Morgan fingerprint density at radius 2 is 1.90 bits per heavy atom. The first kappa shape index (κ1) is 16.0. The number of alkyl halides is 2. The number of benzene rings is 1. The number of aromatic nitrogens is 2. The summed E-state index contributed by atoms with van der Waals surface area (Å²) in [5, 5.41) is 0.882. The van der Waals surface area contributed by atoms with E-state index < -0.39 is 12.0 Å². The molecule has 0 N–H and O–H groups in total. The summed E-state index contributed by atoms with van der Waals surface area (Å²) in [5.41, 5.74) is 0.580. The molecule has 2 aromatic rings. The Bertz CT molecular complexity index is 651. The van der Waals surface area contributed by atoms with Crippen molar-refractivity contribution in [2.75, 3.05) is 0 Å². The summed E-state index contributed by atoms with van der Waals surface area (Å²) >= 11 is 12.0. The van der Waals surface area contributed by atoms with E-state index in [2.05, 4.69) is 9.82 Å². The van der Waals surface area contributed by atoms with Crippen LogP contribution in [-0.2, 0) is 5.41 Å². The summed E-state index contributed by atoms with van der Waals surface area (Å²) in [5.74, 6) is 0.379. The normalized spacial score (nSPS) is 12.0. The highest BCUT2D eigenvalue weighted by molar-refractivity contribution is 6.36. The monoisotopic (exact) mass is 334 g/mol. The van der Waals surface area contributed by atoms with Gasteiger partial charge >= 0.3 is 6.61 Å². The molecule has 0 saturated carbocycles. The van der Waals surface area contributed by atoms with Crippen molar-refractivity contribution < 1.29 is 13.6 Å². The van der Waals surface area contributed by atoms with Gasteiger partial charge in [0, 0.05) is 16.0 Å². The van der Waals surface area contributed by atoms with E-state index in [-0.39, 0.29) is 0 Å². The molecule has 0 saturated heterocycles. The van der Waals surface area contributed by atoms with Crippen LogP contribution in [0.5, 0.6) is 0 Å². The fourth-order valence-electron chi connectivity index (χ4n) is 1.86. The minimum absolute atomic E-state index is 0.379. The molecular weight excluding hydrogens is 321 g/mol. The van der Waals surface area contributed by atoms with E-state index in [1.807, 2.05) is 20.8 Å². The summed E-state index contributed by atoms with van der Waals surface area (Å²) in [4.78, 5) is 8.86. The molecule has 1 aromatic carbocycles. The van der Waals surface area contributed by atoms with Gasteiger partial charge in [-0.2, -0.15) is 13.5 Å². The van der Waals surface area contributed by atoms with Crippen molar-refractivity contribution in [1.29, 1.82) is 0 Å². The molecule has 0 amide bonds. The van der Waals surface area contributed by atoms with Gasteiger partial charge in [0.1, 0.15) is 0 Å². The smallest absolute Gasteiger partial charge is 0.343 e. The molecule has 114 valence electrons. The van der Waals surface area contributed by atoms with Gasteiger partial charge in [-0.1, -0.05) is 44.0 Å². The van der Waals surface area contributed by atoms with Gasteiger partial charge in [0.25, 0.3) is 0 Å². The Morgan fingerprint density at radius 3 is 2.43 bits per heavy atom. The van der Waals surface area contributed by atoms with Crippen molar-refractivity contribution in [3.05, 3.63) is 40.3 Å². The predicted molar refractivity (Wildman–Crippen MR) is 79.0 cm³/mol. The average molecular weight is 335 g/mol. The molecule has 21 heavy (non-hydrogen) atoms. The van der Waals surface area contributed by atoms with E-state index in [0.29, 0.717) is 27.1 Å². The van der Waals surface area contributed by atoms with Crippen molar-refractivity contribution >= 4 is 23.2 Å². The van der Waals surface area contributed by atoms with E-state index in [1.54, 1.807) is 18.2 Å². The Kier molecular flexibility index (Phi) is 4.44.